The van der Waals surface area contributed by atoms with Gasteiger partial charge in [-0.05, 0) is 30.9 Å². The molecule has 18 heavy (non-hydrogen) atoms. The van der Waals surface area contributed by atoms with Gasteiger partial charge in [0.25, 0.3) is 0 Å². The minimum Gasteiger partial charge on any atom is -0.393 e. The number of hydrogen-bond donors (Lipinski definition) is 2. The first kappa shape index (κ1) is 13.3. The van der Waals surface area contributed by atoms with Crippen molar-refractivity contribution in [2.45, 2.75) is 23.8 Å². The molecule has 0 heterocycles. The smallest absolute Gasteiger partial charge is 0.240 e. The molecule has 0 aliphatic heterocycles. The van der Waals surface area contributed by atoms with Crippen molar-refractivity contribution in [1.82, 2.24) is 0 Å². The van der Waals surface area contributed by atoms with Gasteiger partial charge >= 0.3 is 0 Å². The SMILES string of the molecule is CN(CC1CC(O)C1)c1ccccc1S(N)(=O)=O. The Morgan fingerprint density at radius 1 is 1.39 bits per heavy atom. The molecule has 0 saturated heterocycles. The zero-order chi connectivity index (χ0) is 13.3. The van der Waals surface area contributed by atoms with Crippen LogP contribution in [0.5, 0.6) is 0 Å². The van der Waals surface area contributed by atoms with Gasteiger partial charge in [0.2, 0.25) is 10.0 Å². The molecule has 0 radical (unpaired) electrons. The molecule has 1 aromatic carbocycles. The van der Waals surface area contributed by atoms with E-state index in [1.165, 1.54) is 6.07 Å². The highest BCUT2D eigenvalue weighted by atomic mass is 32.2. The maximum atomic E-state index is 11.5. The van der Waals surface area contributed by atoms with E-state index in [2.05, 4.69) is 0 Å². The third-order valence-corrected chi connectivity index (χ3v) is 4.28. The number of aliphatic hydroxyl groups excluding tert-OH is 1. The normalized spacial score (nSPS) is 23.5. The van der Waals surface area contributed by atoms with Gasteiger partial charge < -0.3 is 10.0 Å². The number of hydrogen-bond acceptors (Lipinski definition) is 4. The molecule has 0 unspecified atom stereocenters. The first-order chi connectivity index (χ1) is 8.38. The van der Waals surface area contributed by atoms with E-state index in [4.69, 9.17) is 5.14 Å². The summed E-state index contributed by atoms with van der Waals surface area (Å²) in [7, 11) is -1.86. The summed E-state index contributed by atoms with van der Waals surface area (Å²) >= 11 is 0. The molecule has 6 heteroatoms. The summed E-state index contributed by atoms with van der Waals surface area (Å²) in [6, 6.07) is 6.70. The van der Waals surface area contributed by atoms with Crippen molar-refractivity contribution in [3.63, 3.8) is 0 Å². The van der Waals surface area contributed by atoms with E-state index in [9.17, 15) is 13.5 Å². The zero-order valence-electron chi connectivity index (χ0n) is 10.3. The van der Waals surface area contributed by atoms with Gasteiger partial charge in [0.1, 0.15) is 4.90 Å². The Kier molecular flexibility index (Phi) is 3.61. The number of benzene rings is 1. The van der Waals surface area contributed by atoms with Crippen LogP contribution in [0.2, 0.25) is 0 Å². The standard InChI is InChI=1S/C12H18N2O3S/c1-14(8-9-6-10(15)7-9)11-4-2-3-5-12(11)18(13,16)17/h2-5,9-10,15H,6-8H2,1H3,(H2,13,16,17). The first-order valence-electron chi connectivity index (χ1n) is 5.89. The van der Waals surface area contributed by atoms with Crippen LogP contribution in [0, 0.1) is 5.92 Å². The van der Waals surface area contributed by atoms with Crippen LogP contribution in [0.4, 0.5) is 5.69 Å². The summed E-state index contributed by atoms with van der Waals surface area (Å²) in [5.41, 5.74) is 0.612. The molecule has 0 amide bonds. The van der Waals surface area contributed by atoms with Crippen LogP contribution in [0.25, 0.3) is 0 Å². The number of sulfonamides is 1. The molecule has 5 nitrogen and oxygen atoms in total. The third-order valence-electron chi connectivity index (χ3n) is 3.33. The lowest BCUT2D eigenvalue weighted by Gasteiger charge is -2.35. The molecule has 1 fully saturated rings. The fourth-order valence-corrected chi connectivity index (χ4v) is 3.13. The van der Waals surface area contributed by atoms with Crippen LogP contribution in [0.3, 0.4) is 0 Å². The Balaban J connectivity index is 2.17. The van der Waals surface area contributed by atoms with Crippen molar-refractivity contribution >= 4 is 15.7 Å². The molecule has 1 aliphatic carbocycles. The largest absolute Gasteiger partial charge is 0.393 e. The van der Waals surface area contributed by atoms with E-state index in [0.29, 0.717) is 11.6 Å². The monoisotopic (exact) mass is 270 g/mol. The lowest BCUT2D eigenvalue weighted by Crippen LogP contribution is -2.37. The van der Waals surface area contributed by atoms with Crippen LogP contribution in [0.15, 0.2) is 29.2 Å². The number of primary sulfonamides is 1. The molecule has 0 aromatic heterocycles. The molecule has 0 spiro atoms. The zero-order valence-corrected chi connectivity index (χ0v) is 11.1. The molecule has 1 saturated carbocycles. The predicted molar refractivity (Wildman–Crippen MR) is 69.8 cm³/mol. The summed E-state index contributed by atoms with van der Waals surface area (Å²) in [6.07, 6.45) is 1.36. The topological polar surface area (TPSA) is 83.6 Å². The van der Waals surface area contributed by atoms with Crippen molar-refractivity contribution in [1.29, 1.82) is 0 Å². The average Bonchev–Trinajstić information content (AvgIpc) is 2.26. The number of para-hydroxylation sites is 1. The molecular formula is C12H18N2O3S. The van der Waals surface area contributed by atoms with Crippen LogP contribution < -0.4 is 10.0 Å². The van der Waals surface area contributed by atoms with Gasteiger partial charge in [-0.1, -0.05) is 12.1 Å². The van der Waals surface area contributed by atoms with Gasteiger partial charge in [0.15, 0.2) is 0 Å². The molecule has 100 valence electrons. The van der Waals surface area contributed by atoms with E-state index in [1.54, 1.807) is 18.2 Å². The second-order valence-electron chi connectivity index (χ2n) is 4.88. The predicted octanol–water partition coefficient (Wildman–Crippen LogP) is 0.541. The van der Waals surface area contributed by atoms with Crippen molar-refractivity contribution in [2.24, 2.45) is 11.1 Å². The second kappa shape index (κ2) is 4.87. The minimum atomic E-state index is -3.70. The van der Waals surface area contributed by atoms with Gasteiger partial charge in [-0.25, -0.2) is 13.6 Å². The second-order valence-corrected chi connectivity index (χ2v) is 6.41. The molecule has 1 aromatic rings. The van der Waals surface area contributed by atoms with E-state index >= 15 is 0 Å². The number of nitrogens with zero attached hydrogens (tertiary/aromatic N) is 1. The van der Waals surface area contributed by atoms with Crippen molar-refractivity contribution in [3.05, 3.63) is 24.3 Å². The Morgan fingerprint density at radius 3 is 2.56 bits per heavy atom. The van der Waals surface area contributed by atoms with Gasteiger partial charge in [-0.15, -0.1) is 0 Å². The Labute approximate surface area is 107 Å². The number of anilines is 1. The van der Waals surface area contributed by atoms with Crippen LogP contribution in [-0.4, -0.2) is 33.2 Å². The van der Waals surface area contributed by atoms with Crippen molar-refractivity contribution < 1.29 is 13.5 Å². The first-order valence-corrected chi connectivity index (χ1v) is 7.43. The van der Waals surface area contributed by atoms with Gasteiger partial charge in [-0.3, -0.25) is 0 Å². The number of aliphatic hydroxyl groups is 1. The van der Waals surface area contributed by atoms with E-state index < -0.39 is 10.0 Å². The lowest BCUT2D eigenvalue weighted by molar-refractivity contribution is 0.0464. The summed E-state index contributed by atoms with van der Waals surface area (Å²) in [5.74, 6) is 0.415. The van der Waals surface area contributed by atoms with Gasteiger partial charge in [0.05, 0.1) is 11.8 Å². The van der Waals surface area contributed by atoms with Crippen LogP contribution in [0.1, 0.15) is 12.8 Å². The molecule has 3 N–H and O–H groups in total. The molecule has 0 atom stereocenters. The van der Waals surface area contributed by atoms with Gasteiger partial charge in [-0.2, -0.15) is 0 Å². The van der Waals surface area contributed by atoms with Crippen LogP contribution >= 0.6 is 0 Å². The quantitative estimate of drug-likeness (QED) is 0.836. The Hall–Kier alpha value is -1.11. The molecule has 2 rings (SSSR count). The van der Waals surface area contributed by atoms with Crippen molar-refractivity contribution in [3.8, 4) is 0 Å². The van der Waals surface area contributed by atoms with Crippen LogP contribution in [-0.2, 0) is 10.0 Å². The highest BCUT2D eigenvalue weighted by Gasteiger charge is 2.28. The molecular weight excluding hydrogens is 252 g/mol. The maximum Gasteiger partial charge on any atom is 0.240 e. The number of nitrogens with two attached hydrogens (primary N) is 1. The highest BCUT2D eigenvalue weighted by Crippen LogP contribution is 2.30. The summed E-state index contributed by atoms with van der Waals surface area (Å²) in [6.45, 7) is 0.726. The Bertz CT molecular complexity index is 524. The summed E-state index contributed by atoms with van der Waals surface area (Å²) in [5, 5.41) is 14.5. The van der Waals surface area contributed by atoms with Gasteiger partial charge in [0, 0.05) is 13.6 Å². The highest BCUT2D eigenvalue weighted by molar-refractivity contribution is 7.89. The fraction of sp³-hybridized carbons (Fsp3) is 0.500. The Morgan fingerprint density at radius 2 is 2.00 bits per heavy atom. The minimum absolute atomic E-state index is 0.146. The van der Waals surface area contributed by atoms with Crippen molar-refractivity contribution in [2.75, 3.05) is 18.5 Å². The van der Waals surface area contributed by atoms with E-state index in [0.717, 1.165) is 19.4 Å². The van der Waals surface area contributed by atoms with E-state index in [1.807, 2.05) is 11.9 Å². The third kappa shape index (κ3) is 2.82. The van der Waals surface area contributed by atoms with E-state index in [-0.39, 0.29) is 11.0 Å². The number of rotatable bonds is 4. The fourth-order valence-electron chi connectivity index (χ4n) is 2.35. The summed E-state index contributed by atoms with van der Waals surface area (Å²) < 4.78 is 23.0. The lowest BCUT2D eigenvalue weighted by atomic mass is 9.82. The average molecular weight is 270 g/mol. The maximum absolute atomic E-state index is 11.5. The summed E-state index contributed by atoms with van der Waals surface area (Å²) in [4.78, 5) is 2.03. The molecule has 0 bridgehead atoms. The molecule has 1 aliphatic rings.